The molecule has 226 valence electrons. The zero-order chi connectivity index (χ0) is 31.4. The highest BCUT2D eigenvalue weighted by Gasteiger charge is 2.66. The molecule has 5 aromatic rings. The third-order valence-corrected chi connectivity index (χ3v) is 8.69. The van der Waals surface area contributed by atoms with Crippen molar-refractivity contribution in [1.82, 2.24) is 25.0 Å². The SMILES string of the molecule is CC(C)(C)CNc1c(C#N)cnc2c(Cl)cc(C[C@H](c3cn(C4(C(F)(F)F)CC4)nn3)c3ccc(Cl)c4cnccc34)cc12. The van der Waals surface area contributed by atoms with Crippen molar-refractivity contribution in [3.8, 4) is 6.07 Å². The lowest BCUT2D eigenvalue weighted by Crippen LogP contribution is -2.35. The summed E-state index contributed by atoms with van der Waals surface area (Å²) in [5.41, 5.74) is 1.42. The number of halogens is 5. The van der Waals surface area contributed by atoms with Crippen molar-refractivity contribution in [2.45, 2.75) is 57.7 Å². The number of nitrogens with zero attached hydrogens (tertiary/aromatic N) is 6. The molecule has 1 aliphatic carbocycles. The van der Waals surface area contributed by atoms with Crippen LogP contribution in [0.1, 0.15) is 61.9 Å². The number of alkyl halides is 3. The van der Waals surface area contributed by atoms with E-state index in [2.05, 4.69) is 52.4 Å². The van der Waals surface area contributed by atoms with Crippen molar-refractivity contribution in [3.05, 3.63) is 87.5 Å². The Kier molecular flexibility index (Phi) is 7.45. The van der Waals surface area contributed by atoms with Gasteiger partial charge in [-0.25, -0.2) is 4.68 Å². The van der Waals surface area contributed by atoms with Crippen LogP contribution in [0.15, 0.2) is 55.1 Å². The maximum Gasteiger partial charge on any atom is 0.413 e. The van der Waals surface area contributed by atoms with Crippen molar-refractivity contribution in [2.75, 3.05) is 11.9 Å². The number of nitriles is 1. The summed E-state index contributed by atoms with van der Waals surface area (Å²) in [6.45, 7) is 6.85. The van der Waals surface area contributed by atoms with Crippen molar-refractivity contribution in [3.63, 3.8) is 0 Å². The maximum absolute atomic E-state index is 14.0. The smallest absolute Gasteiger partial charge is 0.383 e. The van der Waals surface area contributed by atoms with Gasteiger partial charge in [-0.05, 0) is 65.5 Å². The van der Waals surface area contributed by atoms with Crippen LogP contribution in [0.4, 0.5) is 18.9 Å². The molecule has 12 heteroatoms. The Morgan fingerprint density at radius 3 is 2.50 bits per heavy atom. The summed E-state index contributed by atoms with van der Waals surface area (Å²) in [5, 5.41) is 24.6. The van der Waals surface area contributed by atoms with Crippen LogP contribution in [0.25, 0.3) is 21.7 Å². The summed E-state index contributed by atoms with van der Waals surface area (Å²) in [6, 6.07) is 11.4. The number of hydrogen-bond donors (Lipinski definition) is 1. The van der Waals surface area contributed by atoms with Gasteiger partial charge in [0.25, 0.3) is 0 Å². The molecule has 0 bridgehead atoms. The van der Waals surface area contributed by atoms with Gasteiger partial charge in [-0.1, -0.05) is 55.3 Å². The number of nitrogens with one attached hydrogen (secondary N) is 1. The van der Waals surface area contributed by atoms with Gasteiger partial charge in [0.15, 0.2) is 5.54 Å². The fourth-order valence-corrected chi connectivity index (χ4v) is 6.07. The Bertz CT molecular complexity index is 1940. The molecule has 1 saturated carbocycles. The van der Waals surface area contributed by atoms with Crippen molar-refractivity contribution in [1.29, 1.82) is 5.26 Å². The van der Waals surface area contributed by atoms with E-state index >= 15 is 0 Å². The van der Waals surface area contributed by atoms with Crippen molar-refractivity contribution < 1.29 is 13.2 Å². The second-order valence-electron chi connectivity index (χ2n) is 12.5. The molecule has 0 radical (unpaired) electrons. The number of fused-ring (bicyclic) bond motifs is 2. The molecule has 44 heavy (non-hydrogen) atoms. The van der Waals surface area contributed by atoms with Gasteiger partial charge in [-0.3, -0.25) is 9.97 Å². The van der Waals surface area contributed by atoms with Crippen LogP contribution in [0.2, 0.25) is 10.0 Å². The molecule has 0 saturated heterocycles. The van der Waals surface area contributed by atoms with Gasteiger partial charge < -0.3 is 5.32 Å². The average molecular weight is 639 g/mol. The summed E-state index contributed by atoms with van der Waals surface area (Å²) >= 11 is 13.3. The minimum atomic E-state index is -4.44. The normalized spacial score (nSPS) is 15.3. The van der Waals surface area contributed by atoms with E-state index in [1.165, 1.54) is 12.4 Å². The fraction of sp³-hybridized carbons (Fsp3) is 0.344. The Morgan fingerprint density at radius 1 is 1.05 bits per heavy atom. The molecule has 3 heterocycles. The fourth-order valence-electron chi connectivity index (χ4n) is 5.56. The van der Waals surface area contributed by atoms with Crippen LogP contribution in [0, 0.1) is 16.7 Å². The lowest BCUT2D eigenvalue weighted by atomic mass is 9.86. The predicted octanol–water partition coefficient (Wildman–Crippen LogP) is 8.44. The zero-order valence-corrected chi connectivity index (χ0v) is 25.7. The van der Waals surface area contributed by atoms with Crippen molar-refractivity contribution >= 4 is 50.6 Å². The van der Waals surface area contributed by atoms with Crippen LogP contribution in [0.5, 0.6) is 0 Å². The number of benzene rings is 2. The van der Waals surface area contributed by atoms with E-state index in [0.717, 1.165) is 21.2 Å². The van der Waals surface area contributed by atoms with Crippen LogP contribution in [-0.4, -0.2) is 37.7 Å². The number of pyridine rings is 2. The minimum Gasteiger partial charge on any atom is -0.383 e. The molecule has 0 unspecified atom stereocenters. The van der Waals surface area contributed by atoms with Crippen molar-refractivity contribution in [2.24, 2.45) is 5.41 Å². The van der Waals surface area contributed by atoms with Gasteiger partial charge in [-0.15, -0.1) is 5.10 Å². The van der Waals surface area contributed by atoms with E-state index in [9.17, 15) is 18.4 Å². The molecule has 7 nitrogen and oxygen atoms in total. The third kappa shape index (κ3) is 5.44. The van der Waals surface area contributed by atoms with Crippen LogP contribution < -0.4 is 5.32 Å². The lowest BCUT2D eigenvalue weighted by molar-refractivity contribution is -0.182. The zero-order valence-electron chi connectivity index (χ0n) is 24.2. The van der Waals surface area contributed by atoms with E-state index in [-0.39, 0.29) is 18.3 Å². The number of rotatable bonds is 7. The second kappa shape index (κ2) is 10.9. The highest BCUT2D eigenvalue weighted by molar-refractivity contribution is 6.36. The Balaban J connectivity index is 1.50. The van der Waals surface area contributed by atoms with E-state index in [0.29, 0.717) is 56.2 Å². The standard InChI is InChI=1S/C32H28Cl2F3N7/c1-30(2,3)17-41-28-19(13-38)14-40-29-23(28)11-18(12-26(29)34)10-22(20-4-5-25(33)24-15-39-9-6-21(20)24)27-16-44(43-42-27)31(7-8-31)32(35,36)37/h4-6,9,11-12,14-16,22H,7-8,10,17H2,1-3H3,(H,40,41)/t22-/m0/s1. The summed E-state index contributed by atoms with van der Waals surface area (Å²) in [7, 11) is 0. The molecule has 0 spiro atoms. The summed E-state index contributed by atoms with van der Waals surface area (Å²) in [6.07, 6.45) is 2.00. The first-order chi connectivity index (χ1) is 20.8. The summed E-state index contributed by atoms with van der Waals surface area (Å²) < 4.78 is 42.9. The molecule has 1 fully saturated rings. The minimum absolute atomic E-state index is 0.0433. The molecule has 6 rings (SSSR count). The van der Waals surface area contributed by atoms with E-state index in [1.807, 2.05) is 18.2 Å². The Labute approximate surface area is 262 Å². The molecule has 1 N–H and O–H groups in total. The van der Waals surface area contributed by atoms with Gasteiger partial charge in [-0.2, -0.15) is 18.4 Å². The number of anilines is 1. The first-order valence-electron chi connectivity index (χ1n) is 14.1. The van der Waals surface area contributed by atoms with Gasteiger partial charge in [0.2, 0.25) is 0 Å². The predicted molar refractivity (Wildman–Crippen MR) is 165 cm³/mol. The Morgan fingerprint density at radius 2 is 1.82 bits per heavy atom. The molecule has 1 aliphatic rings. The van der Waals surface area contributed by atoms with E-state index < -0.39 is 17.6 Å². The summed E-state index contributed by atoms with van der Waals surface area (Å²) in [4.78, 5) is 8.67. The monoisotopic (exact) mass is 637 g/mol. The van der Waals surface area contributed by atoms with Crippen LogP contribution in [0.3, 0.4) is 0 Å². The van der Waals surface area contributed by atoms with E-state index in [4.69, 9.17) is 23.2 Å². The number of aromatic nitrogens is 5. The quantitative estimate of drug-likeness (QED) is 0.192. The van der Waals surface area contributed by atoms with E-state index in [1.54, 1.807) is 24.5 Å². The average Bonchev–Trinajstić information content (AvgIpc) is 3.66. The summed E-state index contributed by atoms with van der Waals surface area (Å²) in [5.74, 6) is -0.512. The first kappa shape index (κ1) is 30.1. The number of hydrogen-bond acceptors (Lipinski definition) is 6. The molecule has 3 aromatic heterocycles. The molecular formula is C32H28Cl2F3N7. The Hall–Kier alpha value is -3.94. The molecule has 1 atom stereocenters. The van der Waals surface area contributed by atoms with Gasteiger partial charge in [0.1, 0.15) is 6.07 Å². The van der Waals surface area contributed by atoms with Gasteiger partial charge in [0, 0.05) is 46.8 Å². The van der Waals surface area contributed by atoms with Crippen LogP contribution >= 0.6 is 23.2 Å². The molecule has 0 amide bonds. The highest BCUT2D eigenvalue weighted by atomic mass is 35.5. The second-order valence-corrected chi connectivity index (χ2v) is 13.3. The molecule has 2 aromatic carbocycles. The van der Waals surface area contributed by atoms with Gasteiger partial charge in [0.05, 0.1) is 33.7 Å². The highest BCUT2D eigenvalue weighted by Crippen LogP contribution is 2.55. The molecular weight excluding hydrogens is 610 g/mol. The third-order valence-electron chi connectivity index (χ3n) is 8.07. The first-order valence-corrected chi connectivity index (χ1v) is 14.8. The topological polar surface area (TPSA) is 92.3 Å². The maximum atomic E-state index is 14.0. The van der Waals surface area contributed by atoms with Crippen LogP contribution in [-0.2, 0) is 12.0 Å². The largest absolute Gasteiger partial charge is 0.413 e. The lowest BCUT2D eigenvalue weighted by Gasteiger charge is -2.22. The molecule has 0 aliphatic heterocycles. The van der Waals surface area contributed by atoms with Gasteiger partial charge >= 0.3 is 6.18 Å².